The Morgan fingerprint density at radius 2 is 1.29 bits per heavy atom. The van der Waals surface area contributed by atoms with Crippen LogP contribution in [0.1, 0.15) is 22.4 Å². The van der Waals surface area contributed by atoms with Gasteiger partial charge in [0.2, 0.25) is 23.6 Å². The van der Waals surface area contributed by atoms with E-state index >= 15 is 0 Å². The molecule has 76 heavy (non-hydrogen) atoms. The molecule has 3 N–H and O–H groups in total. The van der Waals surface area contributed by atoms with Crippen LogP contribution in [0.3, 0.4) is 0 Å². The minimum absolute atomic E-state index is 0.0742. The third-order valence-electron chi connectivity index (χ3n) is 12.5. The standard InChI is InChI=1S/C53H42N12O8S3/c1-68-42-16-12-33(22-43(42)69-2)74-25-45-60-63-51(72-45)30-10-15-38-41(20-30)59-50(57-38)35-23-34(24-44(70-3)48(35)71-4)76(66,67)26-46-61-64-52(73-46)31-9-14-37-40(19-31)58-49(56-37)29-7-5-6-28(18-29)8-17-47-62-65-53(75-47)32-11-13-36-39(21-32)55-27-54-36/h5-7,9-16,18-24,27H,8,17,25-26H2,1-4H3,(H,54,55)(H,56,58)(H,57,59). The summed E-state index contributed by atoms with van der Waals surface area (Å²) in [4.78, 5) is 24.7. The van der Waals surface area contributed by atoms with E-state index < -0.39 is 15.6 Å². The molecule has 0 saturated heterocycles. The number of hydrogen-bond donors (Lipinski definition) is 3. The SMILES string of the molecule is COc1ccc(SCc2nnc(-c3ccc4nc(-c5cc(S(=O)(=O)Cc6nnc(-c7ccc8nc(-c9cccc(CCc%10nnc(-c%11ccc%12nc[nH]c%12c%11)s%10)c9)[nH]c8c7)o6)cc(OC)c5OC)[nH]c4c3)o2)cc1OC. The van der Waals surface area contributed by atoms with Crippen molar-refractivity contribution in [3.8, 4) is 79.3 Å². The van der Waals surface area contributed by atoms with E-state index in [1.165, 1.54) is 38.1 Å². The Bertz CT molecular complexity index is 4240. The van der Waals surface area contributed by atoms with Gasteiger partial charge in [-0.15, -0.1) is 42.4 Å². The van der Waals surface area contributed by atoms with Crippen molar-refractivity contribution in [1.82, 2.24) is 60.5 Å². The topological polar surface area (TPSA) is 261 Å². The number of benzene rings is 6. The second kappa shape index (κ2) is 20.1. The highest BCUT2D eigenvalue weighted by atomic mass is 32.2. The molecule has 6 aromatic heterocycles. The second-order valence-electron chi connectivity index (χ2n) is 17.2. The molecule has 6 aromatic carbocycles. The maximum atomic E-state index is 14.2. The van der Waals surface area contributed by atoms with Crippen LogP contribution < -0.4 is 18.9 Å². The van der Waals surface area contributed by atoms with Crippen molar-refractivity contribution in [3.05, 3.63) is 138 Å². The molecule has 23 heteroatoms. The van der Waals surface area contributed by atoms with Gasteiger partial charge in [0.15, 0.2) is 32.8 Å². The Hall–Kier alpha value is -8.93. The Labute approximate surface area is 440 Å². The normalized spacial score (nSPS) is 11.8. The molecular formula is C53H42N12O8S3. The first kappa shape index (κ1) is 48.0. The van der Waals surface area contributed by atoms with Crippen molar-refractivity contribution < 1.29 is 36.2 Å². The average molecular weight is 1070 g/mol. The van der Waals surface area contributed by atoms with Crippen LogP contribution in [0.2, 0.25) is 0 Å². The number of ether oxygens (including phenoxy) is 4. The fourth-order valence-corrected chi connectivity index (χ4v) is 11.5. The molecule has 0 aliphatic heterocycles. The molecule has 0 atom stereocenters. The Balaban J connectivity index is 0.728. The number of rotatable bonds is 18. The number of nitrogens with zero attached hydrogens (tertiary/aromatic N) is 9. The van der Waals surface area contributed by atoms with Gasteiger partial charge in [0.05, 0.1) is 84.1 Å². The van der Waals surface area contributed by atoms with Crippen molar-refractivity contribution in [2.24, 2.45) is 0 Å². The molecule has 0 aliphatic rings. The van der Waals surface area contributed by atoms with Crippen molar-refractivity contribution in [2.75, 3.05) is 28.4 Å². The zero-order chi connectivity index (χ0) is 51.9. The first-order valence-electron chi connectivity index (χ1n) is 23.4. The summed E-state index contributed by atoms with van der Waals surface area (Å²) in [5, 5.41) is 27.6. The number of fused-ring (bicyclic) bond motifs is 3. The summed E-state index contributed by atoms with van der Waals surface area (Å²) in [6.45, 7) is 0. The number of sulfone groups is 1. The van der Waals surface area contributed by atoms with Gasteiger partial charge < -0.3 is 42.7 Å². The van der Waals surface area contributed by atoms with E-state index in [9.17, 15) is 8.42 Å². The monoisotopic (exact) mass is 1070 g/mol. The molecule has 12 rings (SSSR count). The first-order valence-corrected chi connectivity index (χ1v) is 26.9. The van der Waals surface area contributed by atoms with Gasteiger partial charge in [-0.1, -0.05) is 29.5 Å². The smallest absolute Gasteiger partial charge is 0.247 e. The van der Waals surface area contributed by atoms with Crippen LogP contribution in [0.5, 0.6) is 23.0 Å². The lowest BCUT2D eigenvalue weighted by Gasteiger charge is -2.14. The van der Waals surface area contributed by atoms with Gasteiger partial charge in [-0.05, 0) is 96.9 Å². The number of aromatic amines is 3. The van der Waals surface area contributed by atoms with Crippen LogP contribution in [-0.2, 0) is 34.2 Å². The highest BCUT2D eigenvalue weighted by molar-refractivity contribution is 7.98. The molecule has 0 unspecified atom stereocenters. The lowest BCUT2D eigenvalue weighted by molar-refractivity contribution is 0.354. The second-order valence-corrected chi connectivity index (χ2v) is 21.3. The van der Waals surface area contributed by atoms with Gasteiger partial charge in [0.25, 0.3) is 0 Å². The fraction of sp³-hybridized carbons (Fsp3) is 0.151. The van der Waals surface area contributed by atoms with Gasteiger partial charge in [-0.3, -0.25) is 0 Å². The third-order valence-corrected chi connectivity index (χ3v) is 16.0. The van der Waals surface area contributed by atoms with Crippen LogP contribution in [0.15, 0.2) is 134 Å². The Morgan fingerprint density at radius 1 is 0.592 bits per heavy atom. The van der Waals surface area contributed by atoms with E-state index in [4.69, 9.17) is 37.7 Å². The Kier molecular flexibility index (Phi) is 12.7. The van der Waals surface area contributed by atoms with Gasteiger partial charge in [0.1, 0.15) is 27.4 Å². The van der Waals surface area contributed by atoms with E-state index in [-0.39, 0.29) is 28.2 Å². The first-order chi connectivity index (χ1) is 37.1. The van der Waals surface area contributed by atoms with E-state index in [1.807, 2.05) is 72.8 Å². The van der Waals surface area contributed by atoms with E-state index in [0.29, 0.717) is 68.4 Å². The summed E-state index contributed by atoms with van der Waals surface area (Å²) in [6, 6.07) is 33.7. The zero-order valence-electron chi connectivity index (χ0n) is 40.8. The number of aromatic nitrogens is 12. The molecule has 0 spiro atoms. The van der Waals surface area contributed by atoms with Crippen molar-refractivity contribution >= 4 is 66.0 Å². The van der Waals surface area contributed by atoms with Crippen LogP contribution in [0, 0.1) is 0 Å². The third kappa shape index (κ3) is 9.57. The summed E-state index contributed by atoms with van der Waals surface area (Å²) in [6.07, 6.45) is 3.19. The van der Waals surface area contributed by atoms with Gasteiger partial charge in [-0.2, -0.15) is 0 Å². The molecule has 6 heterocycles. The molecular weight excluding hydrogens is 1030 g/mol. The number of H-pyrrole nitrogens is 3. The molecule has 0 fully saturated rings. The predicted octanol–water partition coefficient (Wildman–Crippen LogP) is 10.4. The average Bonchev–Trinajstić information content (AvgIpc) is 4.34. The number of hydrogen-bond acceptors (Lipinski definition) is 19. The fourth-order valence-electron chi connectivity index (χ4n) is 8.66. The molecule has 0 saturated carbocycles. The lowest BCUT2D eigenvalue weighted by Crippen LogP contribution is -2.07. The zero-order valence-corrected chi connectivity index (χ0v) is 43.3. The highest BCUT2D eigenvalue weighted by Gasteiger charge is 2.26. The van der Waals surface area contributed by atoms with Crippen molar-refractivity contribution in [3.63, 3.8) is 0 Å². The van der Waals surface area contributed by atoms with Crippen molar-refractivity contribution in [1.29, 1.82) is 0 Å². The van der Waals surface area contributed by atoms with Crippen LogP contribution in [0.4, 0.5) is 0 Å². The van der Waals surface area contributed by atoms with E-state index in [0.717, 1.165) is 66.5 Å². The Morgan fingerprint density at radius 3 is 2.05 bits per heavy atom. The number of nitrogens with one attached hydrogen (secondary N) is 3. The lowest BCUT2D eigenvalue weighted by atomic mass is 10.1. The minimum atomic E-state index is -4.11. The van der Waals surface area contributed by atoms with Crippen molar-refractivity contribution in [2.45, 2.75) is 34.1 Å². The maximum absolute atomic E-state index is 14.2. The molecule has 0 amide bonds. The van der Waals surface area contributed by atoms with Gasteiger partial charge in [0, 0.05) is 39.6 Å². The summed E-state index contributed by atoms with van der Waals surface area (Å²) >= 11 is 3.10. The van der Waals surface area contributed by atoms with Crippen LogP contribution in [-0.4, -0.2) is 97.4 Å². The van der Waals surface area contributed by atoms with E-state index in [2.05, 4.69) is 62.7 Å². The van der Waals surface area contributed by atoms with Gasteiger partial charge >= 0.3 is 0 Å². The predicted molar refractivity (Wildman–Crippen MR) is 285 cm³/mol. The molecule has 0 bridgehead atoms. The molecule has 0 radical (unpaired) electrons. The summed E-state index contributed by atoms with van der Waals surface area (Å²) in [5.74, 6) is 3.38. The van der Waals surface area contributed by atoms with E-state index in [1.54, 1.807) is 44.0 Å². The number of methoxy groups -OCH3 is 4. The number of thioether (sulfide) groups is 1. The maximum Gasteiger partial charge on any atom is 0.247 e. The molecule has 380 valence electrons. The van der Waals surface area contributed by atoms with Crippen LogP contribution >= 0.6 is 23.1 Å². The summed E-state index contributed by atoms with van der Waals surface area (Å²) in [5.41, 5.74) is 9.20. The molecule has 12 aromatic rings. The minimum Gasteiger partial charge on any atom is -0.493 e. The summed E-state index contributed by atoms with van der Waals surface area (Å²) in [7, 11) is 1.97. The summed E-state index contributed by atoms with van der Waals surface area (Å²) < 4.78 is 62.6. The largest absolute Gasteiger partial charge is 0.493 e. The number of aryl methyl sites for hydroxylation is 2. The highest BCUT2D eigenvalue weighted by Crippen LogP contribution is 2.41. The van der Waals surface area contributed by atoms with Gasteiger partial charge in [-0.25, -0.2) is 23.4 Å². The molecule has 0 aliphatic carbocycles. The molecule has 20 nitrogen and oxygen atoms in total. The van der Waals surface area contributed by atoms with Crippen LogP contribution in [0.25, 0.3) is 89.4 Å². The number of imidazole rings is 3. The quantitative estimate of drug-likeness (QED) is 0.0675.